The van der Waals surface area contributed by atoms with Crippen LogP contribution in [0.5, 0.6) is 5.75 Å². The van der Waals surface area contributed by atoms with Gasteiger partial charge in [0, 0.05) is 50.0 Å². The van der Waals surface area contributed by atoms with Gasteiger partial charge in [-0.3, -0.25) is 14.6 Å². The van der Waals surface area contributed by atoms with E-state index in [1.165, 1.54) is 13.5 Å². The van der Waals surface area contributed by atoms with Gasteiger partial charge in [0.25, 0.3) is 5.91 Å². The summed E-state index contributed by atoms with van der Waals surface area (Å²) in [6, 6.07) is 14.2. The Hall–Kier alpha value is -3.95. The van der Waals surface area contributed by atoms with Crippen LogP contribution in [0.1, 0.15) is 31.2 Å². The van der Waals surface area contributed by atoms with Gasteiger partial charge in [0.05, 0.1) is 30.5 Å². The number of oxazole rings is 1. The fourth-order valence-electron chi connectivity index (χ4n) is 4.70. The minimum absolute atomic E-state index is 0.505. The second kappa shape index (κ2) is 12.3. The second-order valence-corrected chi connectivity index (χ2v) is 10.1. The Morgan fingerprint density at radius 3 is 2.64 bits per heavy atom. The lowest BCUT2D eigenvalue weighted by Crippen LogP contribution is -2.58. The number of aromatic nitrogens is 1. The summed E-state index contributed by atoms with van der Waals surface area (Å²) in [6.07, 6.45) is 0.655. The zero-order chi connectivity index (χ0) is 28.0. The highest BCUT2D eigenvalue weighted by molar-refractivity contribution is 5.84. The van der Waals surface area contributed by atoms with E-state index >= 15 is 0 Å². The van der Waals surface area contributed by atoms with Crippen LogP contribution in [0.2, 0.25) is 0 Å². The number of aliphatic hydroxyl groups is 2. The van der Waals surface area contributed by atoms with Crippen molar-refractivity contribution in [2.45, 2.75) is 31.8 Å². The van der Waals surface area contributed by atoms with E-state index in [0.29, 0.717) is 66.6 Å². The van der Waals surface area contributed by atoms with E-state index in [4.69, 9.17) is 14.4 Å². The highest BCUT2D eigenvalue weighted by atomic mass is 16.5. The van der Waals surface area contributed by atoms with Crippen LogP contribution in [0.15, 0.2) is 59.5 Å². The molecule has 4 N–H and O–H groups in total. The van der Waals surface area contributed by atoms with Crippen LogP contribution in [0.4, 0.5) is 5.69 Å². The normalized spacial score (nSPS) is 16.2. The molecule has 4 rings (SSSR count). The van der Waals surface area contributed by atoms with Crippen LogP contribution in [0.25, 0.3) is 11.3 Å². The van der Waals surface area contributed by atoms with Gasteiger partial charge >= 0.3 is 0 Å². The van der Waals surface area contributed by atoms with E-state index in [0.717, 1.165) is 0 Å². The van der Waals surface area contributed by atoms with Gasteiger partial charge in [-0.15, -0.1) is 0 Å². The zero-order valence-corrected chi connectivity index (χ0v) is 22.3. The van der Waals surface area contributed by atoms with Crippen molar-refractivity contribution in [3.63, 3.8) is 0 Å². The molecule has 0 bridgehead atoms. The standard InChI is InChI=1S/C28H34N6O5/c1-28(2,17-33-9-11-34(12-10-33)27(37)20-6-4-5-19(13-20)15-29)32-26(36)25(35)31-21-7-8-22(23(14-21)38-3)24-16-30-18-39-24/h4-8,13-14,16,18,25,27,31,35,37H,9-12,17H2,1-3H3,(H,32,36). The Morgan fingerprint density at radius 1 is 1.21 bits per heavy atom. The molecular formula is C28H34N6O5. The number of methoxy groups -OCH3 is 1. The number of carbonyl (C=O) groups is 1. The van der Waals surface area contributed by atoms with Crippen molar-refractivity contribution in [3.05, 3.63) is 66.2 Å². The van der Waals surface area contributed by atoms with Gasteiger partial charge in [0.1, 0.15) is 12.0 Å². The molecule has 11 nitrogen and oxygen atoms in total. The molecule has 0 saturated carbocycles. The Balaban J connectivity index is 1.28. The van der Waals surface area contributed by atoms with Gasteiger partial charge in [-0.05, 0) is 43.7 Å². The molecule has 1 saturated heterocycles. The second-order valence-electron chi connectivity index (χ2n) is 10.1. The number of carbonyl (C=O) groups excluding carboxylic acids is 1. The molecule has 1 fully saturated rings. The molecule has 11 heteroatoms. The number of nitrogens with zero attached hydrogens (tertiary/aromatic N) is 4. The number of amides is 1. The molecule has 0 aliphatic carbocycles. The molecule has 0 spiro atoms. The maximum Gasteiger partial charge on any atom is 0.270 e. The summed E-state index contributed by atoms with van der Waals surface area (Å²) >= 11 is 0. The lowest BCUT2D eigenvalue weighted by atomic mass is 10.0. The summed E-state index contributed by atoms with van der Waals surface area (Å²) in [5.41, 5.74) is 1.80. The molecule has 1 amide bonds. The van der Waals surface area contributed by atoms with Crippen molar-refractivity contribution in [1.29, 1.82) is 5.26 Å². The average Bonchev–Trinajstić information content (AvgIpc) is 3.47. The van der Waals surface area contributed by atoms with E-state index in [9.17, 15) is 15.0 Å². The number of anilines is 1. The number of ether oxygens (including phenoxy) is 1. The number of nitrogens with one attached hydrogen (secondary N) is 2. The summed E-state index contributed by atoms with van der Waals surface area (Å²) in [6.45, 7) is 7.05. The monoisotopic (exact) mass is 534 g/mol. The number of rotatable bonds is 10. The van der Waals surface area contributed by atoms with E-state index in [2.05, 4.69) is 26.6 Å². The third-order valence-electron chi connectivity index (χ3n) is 6.60. The van der Waals surface area contributed by atoms with Gasteiger partial charge in [-0.1, -0.05) is 12.1 Å². The maximum atomic E-state index is 12.8. The molecule has 2 aromatic carbocycles. The highest BCUT2D eigenvalue weighted by Gasteiger charge is 2.30. The summed E-state index contributed by atoms with van der Waals surface area (Å²) in [4.78, 5) is 20.9. The molecule has 1 aliphatic rings. The van der Waals surface area contributed by atoms with Gasteiger partial charge in [-0.2, -0.15) is 5.26 Å². The van der Waals surface area contributed by atoms with Crippen LogP contribution in [-0.4, -0.2) is 82.5 Å². The lowest BCUT2D eigenvalue weighted by molar-refractivity contribution is -0.130. The van der Waals surface area contributed by atoms with Crippen LogP contribution in [-0.2, 0) is 4.79 Å². The van der Waals surface area contributed by atoms with E-state index in [1.807, 2.05) is 24.8 Å². The number of aliphatic hydroxyl groups excluding tert-OH is 2. The maximum absolute atomic E-state index is 12.8. The SMILES string of the molecule is COc1cc(NC(O)C(=O)NC(C)(C)CN2CCN(C(O)c3cccc(C#N)c3)CC2)ccc1-c1cnco1. The number of piperazine rings is 1. The molecule has 3 aromatic rings. The minimum atomic E-state index is -1.47. The van der Waals surface area contributed by atoms with Crippen molar-refractivity contribution in [3.8, 4) is 23.1 Å². The first-order chi connectivity index (χ1) is 18.7. The summed E-state index contributed by atoms with van der Waals surface area (Å²) in [5, 5.41) is 36.2. The zero-order valence-electron chi connectivity index (χ0n) is 22.3. The Morgan fingerprint density at radius 2 is 1.97 bits per heavy atom. The molecule has 2 heterocycles. The Bertz CT molecular complexity index is 1300. The van der Waals surface area contributed by atoms with Crippen molar-refractivity contribution in [2.75, 3.05) is 45.2 Å². The van der Waals surface area contributed by atoms with Gasteiger partial charge in [-0.25, -0.2) is 4.98 Å². The number of hydrogen-bond acceptors (Lipinski definition) is 10. The molecule has 206 valence electrons. The largest absolute Gasteiger partial charge is 0.496 e. The van der Waals surface area contributed by atoms with Crippen molar-refractivity contribution < 1.29 is 24.2 Å². The van der Waals surface area contributed by atoms with Crippen molar-refractivity contribution >= 4 is 11.6 Å². The fraction of sp³-hybridized carbons (Fsp3) is 0.393. The molecule has 1 aliphatic heterocycles. The smallest absolute Gasteiger partial charge is 0.270 e. The average molecular weight is 535 g/mol. The first-order valence-electron chi connectivity index (χ1n) is 12.7. The van der Waals surface area contributed by atoms with Gasteiger partial charge in [0.2, 0.25) is 6.23 Å². The van der Waals surface area contributed by atoms with Gasteiger partial charge in [0.15, 0.2) is 12.2 Å². The minimum Gasteiger partial charge on any atom is -0.496 e. The third-order valence-corrected chi connectivity index (χ3v) is 6.60. The predicted molar refractivity (Wildman–Crippen MR) is 144 cm³/mol. The molecule has 39 heavy (non-hydrogen) atoms. The molecular weight excluding hydrogens is 500 g/mol. The number of benzene rings is 2. The number of hydrogen-bond donors (Lipinski definition) is 4. The third kappa shape index (κ3) is 7.13. The summed E-state index contributed by atoms with van der Waals surface area (Å²) in [7, 11) is 1.53. The topological polar surface area (TPSA) is 147 Å². The molecule has 2 atom stereocenters. The lowest BCUT2D eigenvalue weighted by Gasteiger charge is -2.40. The van der Waals surface area contributed by atoms with Crippen LogP contribution < -0.4 is 15.4 Å². The first kappa shape index (κ1) is 28.1. The summed E-state index contributed by atoms with van der Waals surface area (Å²) in [5.74, 6) is 0.499. The predicted octanol–water partition coefficient (Wildman–Crippen LogP) is 2.16. The van der Waals surface area contributed by atoms with Crippen LogP contribution >= 0.6 is 0 Å². The van der Waals surface area contributed by atoms with Crippen molar-refractivity contribution in [1.82, 2.24) is 20.1 Å². The quantitative estimate of drug-likeness (QED) is 0.285. The van der Waals surface area contributed by atoms with E-state index in [-0.39, 0.29) is 0 Å². The van der Waals surface area contributed by atoms with E-state index < -0.39 is 23.9 Å². The number of nitriles is 1. The molecule has 1 aromatic heterocycles. The highest BCUT2D eigenvalue weighted by Crippen LogP contribution is 2.32. The molecule has 0 radical (unpaired) electrons. The van der Waals surface area contributed by atoms with Crippen LogP contribution in [0.3, 0.4) is 0 Å². The van der Waals surface area contributed by atoms with E-state index in [1.54, 1.807) is 42.6 Å². The van der Waals surface area contributed by atoms with Gasteiger partial charge < -0.3 is 30.0 Å². The molecule has 2 unspecified atom stereocenters. The van der Waals surface area contributed by atoms with Crippen LogP contribution in [0, 0.1) is 11.3 Å². The summed E-state index contributed by atoms with van der Waals surface area (Å²) < 4.78 is 10.8. The fourth-order valence-corrected chi connectivity index (χ4v) is 4.70. The Labute approximate surface area is 227 Å². The Kier molecular flexibility index (Phi) is 8.83. The first-order valence-corrected chi connectivity index (χ1v) is 12.7. The van der Waals surface area contributed by atoms with Crippen molar-refractivity contribution in [2.24, 2.45) is 0 Å².